The van der Waals surface area contributed by atoms with Crippen LogP contribution in [0.4, 0.5) is 0 Å². The van der Waals surface area contributed by atoms with Gasteiger partial charge in [0.05, 0.1) is 25.3 Å². The summed E-state index contributed by atoms with van der Waals surface area (Å²) < 4.78 is 0. The van der Waals surface area contributed by atoms with Gasteiger partial charge in [0.15, 0.2) is 0 Å². The molecule has 1 rings (SSSR count). The minimum atomic E-state index is -1.84. The molecule has 4 unspecified atom stereocenters. The minimum absolute atomic E-state index is 0.0953. The Hall–Kier alpha value is -4.53. The summed E-state index contributed by atoms with van der Waals surface area (Å²) in [4.78, 5) is 82.7. The van der Waals surface area contributed by atoms with E-state index in [4.69, 9.17) is 27.4 Å². The highest BCUT2D eigenvalue weighted by atomic mass is 16.4. The summed E-state index contributed by atoms with van der Waals surface area (Å²) in [6, 6.07) is 2.29. The second-order valence-corrected chi connectivity index (χ2v) is 7.76. The van der Waals surface area contributed by atoms with Crippen molar-refractivity contribution < 1.29 is 43.8 Å². The number of carbonyl (C=O) groups excluding carboxylic acids is 5. The highest BCUT2D eigenvalue weighted by Crippen LogP contribution is 2.04. The van der Waals surface area contributed by atoms with Crippen molar-refractivity contribution in [1.82, 2.24) is 16.0 Å². The van der Waals surface area contributed by atoms with Crippen LogP contribution in [0.5, 0.6) is 0 Å². The molecule has 0 radical (unpaired) electrons. The van der Waals surface area contributed by atoms with Crippen molar-refractivity contribution in [2.45, 2.75) is 49.9 Å². The smallest absolute Gasteiger partial charge is 0.326 e. The number of carbonyl (C=O) groups is 7. The molecular formula is C21H28N6O9. The molecule has 0 fully saturated rings. The molecule has 5 amide bonds. The number of nitrogens with one attached hydrogen (secondary N) is 3. The lowest BCUT2D eigenvalue weighted by Crippen LogP contribution is -2.58. The van der Waals surface area contributed by atoms with Crippen molar-refractivity contribution >= 4 is 41.5 Å². The SMILES string of the molecule is NC(=O)CC(NC(=O)C(CC(=O)O)NC(=O)C(CC(N)=O)NC(=O)C(N)Cc1ccccc1)C(=O)O. The summed E-state index contributed by atoms with van der Waals surface area (Å²) in [5.41, 5.74) is 16.7. The topological polar surface area (TPSA) is 274 Å². The third-order valence-corrected chi connectivity index (χ3v) is 4.71. The summed E-state index contributed by atoms with van der Waals surface area (Å²) in [6.07, 6.45) is -2.41. The van der Waals surface area contributed by atoms with Crippen molar-refractivity contribution in [3.05, 3.63) is 35.9 Å². The molecule has 15 heteroatoms. The Morgan fingerprint density at radius 3 is 1.61 bits per heavy atom. The maximum Gasteiger partial charge on any atom is 0.326 e. The monoisotopic (exact) mass is 508 g/mol. The molecule has 0 aliphatic heterocycles. The van der Waals surface area contributed by atoms with Crippen LogP contribution in [-0.2, 0) is 40.0 Å². The van der Waals surface area contributed by atoms with E-state index in [1.165, 1.54) is 0 Å². The van der Waals surface area contributed by atoms with E-state index in [0.717, 1.165) is 5.56 Å². The zero-order valence-corrected chi connectivity index (χ0v) is 19.0. The Kier molecular flexibility index (Phi) is 11.5. The predicted molar refractivity (Wildman–Crippen MR) is 121 cm³/mol. The van der Waals surface area contributed by atoms with Crippen molar-refractivity contribution in [2.75, 3.05) is 0 Å². The zero-order valence-electron chi connectivity index (χ0n) is 19.0. The molecule has 0 aromatic heterocycles. The van der Waals surface area contributed by atoms with Crippen LogP contribution < -0.4 is 33.2 Å². The van der Waals surface area contributed by atoms with E-state index in [9.17, 15) is 33.6 Å². The molecule has 0 saturated carbocycles. The molecule has 1 aromatic carbocycles. The highest BCUT2D eigenvalue weighted by molar-refractivity contribution is 5.97. The lowest BCUT2D eigenvalue weighted by Gasteiger charge is -2.24. The van der Waals surface area contributed by atoms with Gasteiger partial charge in [0, 0.05) is 0 Å². The largest absolute Gasteiger partial charge is 0.481 e. The molecule has 4 atom stereocenters. The van der Waals surface area contributed by atoms with Gasteiger partial charge in [-0.15, -0.1) is 0 Å². The van der Waals surface area contributed by atoms with E-state index in [2.05, 4.69) is 5.32 Å². The van der Waals surface area contributed by atoms with Crippen LogP contribution in [-0.4, -0.2) is 75.9 Å². The maximum absolute atomic E-state index is 12.8. The molecular weight excluding hydrogens is 480 g/mol. The Labute approximate surface area is 204 Å². The zero-order chi connectivity index (χ0) is 27.4. The molecule has 0 heterocycles. The van der Waals surface area contributed by atoms with Crippen LogP contribution >= 0.6 is 0 Å². The van der Waals surface area contributed by atoms with Gasteiger partial charge in [0.25, 0.3) is 0 Å². The Bertz CT molecular complexity index is 1000. The van der Waals surface area contributed by atoms with Gasteiger partial charge >= 0.3 is 11.9 Å². The van der Waals surface area contributed by atoms with Crippen LogP contribution in [0.3, 0.4) is 0 Å². The van der Waals surface area contributed by atoms with Crippen molar-refractivity contribution in [1.29, 1.82) is 0 Å². The van der Waals surface area contributed by atoms with Crippen LogP contribution in [0, 0.1) is 0 Å². The Morgan fingerprint density at radius 1 is 0.694 bits per heavy atom. The molecule has 15 nitrogen and oxygen atoms in total. The van der Waals surface area contributed by atoms with Crippen LogP contribution in [0.1, 0.15) is 24.8 Å². The van der Waals surface area contributed by atoms with Gasteiger partial charge in [0.2, 0.25) is 29.5 Å². The van der Waals surface area contributed by atoms with Gasteiger partial charge in [-0.2, -0.15) is 0 Å². The van der Waals surface area contributed by atoms with E-state index in [1.807, 2.05) is 10.6 Å². The fraction of sp³-hybridized carbons (Fsp3) is 0.381. The van der Waals surface area contributed by atoms with E-state index in [0.29, 0.717) is 0 Å². The van der Waals surface area contributed by atoms with Crippen molar-refractivity contribution in [3.8, 4) is 0 Å². The number of nitrogens with two attached hydrogens (primary N) is 3. The lowest BCUT2D eigenvalue weighted by molar-refractivity contribution is -0.145. The minimum Gasteiger partial charge on any atom is -0.481 e. The number of carboxylic acid groups (broad SMARTS) is 2. The third kappa shape index (κ3) is 10.6. The first-order chi connectivity index (χ1) is 16.8. The second kappa shape index (κ2) is 14.0. The molecule has 0 bridgehead atoms. The first-order valence-electron chi connectivity index (χ1n) is 10.5. The number of benzene rings is 1. The summed E-state index contributed by atoms with van der Waals surface area (Å²) >= 11 is 0. The average molecular weight is 508 g/mol. The molecule has 0 saturated heterocycles. The van der Waals surface area contributed by atoms with Gasteiger partial charge in [-0.1, -0.05) is 30.3 Å². The summed E-state index contributed by atoms with van der Waals surface area (Å²) in [5, 5.41) is 24.4. The number of hydrogen-bond donors (Lipinski definition) is 8. The fourth-order valence-corrected chi connectivity index (χ4v) is 2.98. The molecule has 0 aliphatic rings. The molecule has 11 N–H and O–H groups in total. The molecule has 1 aromatic rings. The number of amides is 5. The predicted octanol–water partition coefficient (Wildman–Crippen LogP) is -3.68. The highest BCUT2D eigenvalue weighted by Gasteiger charge is 2.32. The van der Waals surface area contributed by atoms with Crippen LogP contribution in [0.25, 0.3) is 0 Å². The number of carboxylic acids is 2. The molecule has 0 spiro atoms. The average Bonchev–Trinajstić information content (AvgIpc) is 2.77. The van der Waals surface area contributed by atoms with E-state index in [1.54, 1.807) is 30.3 Å². The molecule has 0 aliphatic carbocycles. The first-order valence-corrected chi connectivity index (χ1v) is 10.5. The number of primary amides is 2. The second-order valence-electron chi connectivity index (χ2n) is 7.76. The molecule has 36 heavy (non-hydrogen) atoms. The lowest BCUT2D eigenvalue weighted by atomic mass is 10.0. The number of hydrogen-bond acceptors (Lipinski definition) is 8. The van der Waals surface area contributed by atoms with Crippen molar-refractivity contribution in [2.24, 2.45) is 17.2 Å². The Morgan fingerprint density at radius 2 is 1.14 bits per heavy atom. The first kappa shape index (κ1) is 29.5. The van der Waals surface area contributed by atoms with E-state index < -0.39 is 84.9 Å². The van der Waals surface area contributed by atoms with Gasteiger partial charge in [-0.25, -0.2) is 4.79 Å². The standard InChI is InChI=1S/C21H28N6O9/c22-11(6-10-4-2-1-3-5-10)18(32)25-12(7-15(23)28)19(33)26-13(9-17(30)31)20(34)27-14(21(35)36)8-16(24)29/h1-5,11-14H,6-9,22H2,(H2,23,28)(H2,24,29)(H,25,32)(H,26,33)(H,27,34)(H,30,31)(H,35,36). The van der Waals surface area contributed by atoms with E-state index in [-0.39, 0.29) is 6.42 Å². The quantitative estimate of drug-likeness (QED) is 0.115. The van der Waals surface area contributed by atoms with Gasteiger partial charge in [-0.3, -0.25) is 28.8 Å². The third-order valence-electron chi connectivity index (χ3n) is 4.71. The summed E-state index contributed by atoms with van der Waals surface area (Å²) in [7, 11) is 0. The number of rotatable bonds is 15. The number of aliphatic carboxylic acids is 2. The van der Waals surface area contributed by atoms with Crippen LogP contribution in [0.15, 0.2) is 30.3 Å². The van der Waals surface area contributed by atoms with Crippen LogP contribution in [0.2, 0.25) is 0 Å². The summed E-state index contributed by atoms with van der Waals surface area (Å²) in [5.74, 6) is -8.48. The fourth-order valence-electron chi connectivity index (χ4n) is 2.98. The normalized spacial score (nSPS) is 13.8. The van der Waals surface area contributed by atoms with Crippen molar-refractivity contribution in [3.63, 3.8) is 0 Å². The molecule has 196 valence electrons. The van der Waals surface area contributed by atoms with Gasteiger partial charge in [0.1, 0.15) is 18.1 Å². The Balaban J connectivity index is 2.99. The van der Waals surface area contributed by atoms with E-state index >= 15 is 0 Å². The van der Waals surface area contributed by atoms with Gasteiger partial charge in [-0.05, 0) is 12.0 Å². The van der Waals surface area contributed by atoms with Gasteiger partial charge < -0.3 is 43.4 Å². The maximum atomic E-state index is 12.8. The summed E-state index contributed by atoms with van der Waals surface area (Å²) in [6.45, 7) is 0.